The molecule has 0 atom stereocenters. The molecule has 2 rings (SSSR count). The van der Waals surface area contributed by atoms with Crippen LogP contribution < -0.4 is 16.4 Å². The van der Waals surface area contributed by atoms with E-state index >= 15 is 0 Å². The number of carbonyl (C=O) groups excluding carboxylic acids is 2. The van der Waals surface area contributed by atoms with Gasteiger partial charge in [-0.3, -0.25) is 9.59 Å². The van der Waals surface area contributed by atoms with E-state index in [1.54, 1.807) is 17.9 Å². The average Bonchev–Trinajstić information content (AvgIpc) is 2.64. The topological polar surface area (TPSA) is 106 Å². The quantitative estimate of drug-likeness (QED) is 0.780. The van der Waals surface area contributed by atoms with Crippen molar-refractivity contribution in [2.75, 3.05) is 36.8 Å². The zero-order valence-electron chi connectivity index (χ0n) is 11.5. The molecule has 2 heterocycles. The van der Waals surface area contributed by atoms with Crippen molar-refractivity contribution in [3.63, 3.8) is 0 Å². The highest BCUT2D eigenvalue weighted by atomic mass is 16.2. The number of rotatable bonds is 2. The molecule has 1 aliphatic rings. The summed E-state index contributed by atoms with van der Waals surface area (Å²) < 4.78 is 0. The summed E-state index contributed by atoms with van der Waals surface area (Å²) in [5.41, 5.74) is 11.9. The van der Waals surface area contributed by atoms with Crippen molar-refractivity contribution in [3.8, 4) is 0 Å². The van der Waals surface area contributed by atoms with E-state index < -0.39 is 5.91 Å². The van der Waals surface area contributed by atoms with Crippen molar-refractivity contribution in [1.82, 2.24) is 9.88 Å². The Hall–Kier alpha value is -2.31. The summed E-state index contributed by atoms with van der Waals surface area (Å²) in [7, 11) is 0. The van der Waals surface area contributed by atoms with E-state index in [2.05, 4.69) is 4.98 Å². The van der Waals surface area contributed by atoms with Crippen LogP contribution in [0.2, 0.25) is 0 Å². The van der Waals surface area contributed by atoms with Crippen LogP contribution in [0.1, 0.15) is 23.8 Å². The van der Waals surface area contributed by atoms with E-state index in [1.165, 1.54) is 6.07 Å². The van der Waals surface area contributed by atoms with Gasteiger partial charge < -0.3 is 21.3 Å². The molecular weight excluding hydrogens is 258 g/mol. The molecule has 0 unspecified atom stereocenters. The van der Waals surface area contributed by atoms with Crippen LogP contribution in [0, 0.1) is 0 Å². The highest BCUT2D eigenvalue weighted by Crippen LogP contribution is 2.22. The van der Waals surface area contributed by atoms with Crippen LogP contribution in [0.15, 0.2) is 12.1 Å². The van der Waals surface area contributed by atoms with Gasteiger partial charge in [-0.25, -0.2) is 4.98 Å². The number of hydrogen-bond acceptors (Lipinski definition) is 5. The summed E-state index contributed by atoms with van der Waals surface area (Å²) in [6, 6.07) is 3.15. The van der Waals surface area contributed by atoms with Gasteiger partial charge in [-0.15, -0.1) is 0 Å². The van der Waals surface area contributed by atoms with Crippen molar-refractivity contribution in [3.05, 3.63) is 17.8 Å². The molecule has 0 spiro atoms. The van der Waals surface area contributed by atoms with E-state index in [1.807, 2.05) is 4.90 Å². The number of carbonyl (C=O) groups is 2. The maximum atomic E-state index is 11.4. The van der Waals surface area contributed by atoms with E-state index in [0.29, 0.717) is 24.6 Å². The molecule has 20 heavy (non-hydrogen) atoms. The third kappa shape index (κ3) is 2.98. The molecule has 4 N–H and O–H groups in total. The monoisotopic (exact) mass is 277 g/mol. The largest absolute Gasteiger partial charge is 0.396 e. The number of amides is 2. The maximum absolute atomic E-state index is 11.4. The van der Waals surface area contributed by atoms with Gasteiger partial charge in [0.2, 0.25) is 5.91 Å². The minimum atomic E-state index is -0.577. The predicted octanol–water partition coefficient (Wildman–Crippen LogP) is -0.179. The van der Waals surface area contributed by atoms with Gasteiger partial charge in [0, 0.05) is 33.1 Å². The Bertz CT molecular complexity index is 531. The summed E-state index contributed by atoms with van der Waals surface area (Å²) in [4.78, 5) is 30.6. The molecule has 0 aliphatic carbocycles. The first-order valence-electron chi connectivity index (χ1n) is 6.56. The molecule has 1 aromatic heterocycles. The van der Waals surface area contributed by atoms with Crippen LogP contribution in [-0.2, 0) is 4.79 Å². The van der Waals surface area contributed by atoms with Crippen LogP contribution in [0.4, 0.5) is 11.5 Å². The Kier molecular flexibility index (Phi) is 4.07. The van der Waals surface area contributed by atoms with Crippen molar-refractivity contribution in [2.24, 2.45) is 5.73 Å². The number of primary amides is 1. The molecule has 1 aliphatic heterocycles. The lowest BCUT2D eigenvalue weighted by molar-refractivity contribution is -0.128. The first-order chi connectivity index (χ1) is 9.49. The summed E-state index contributed by atoms with van der Waals surface area (Å²) in [5, 5.41) is 0. The van der Waals surface area contributed by atoms with Gasteiger partial charge in [0.25, 0.3) is 5.91 Å². The molecule has 0 radical (unpaired) electrons. The summed E-state index contributed by atoms with van der Waals surface area (Å²) in [5.74, 6) is 0.0526. The standard InChI is InChI=1S/C13H19N5O2/c1-9(19)17-5-2-6-18(8-7-17)13-10(14)3-4-11(16-13)12(15)20/h3-4H,2,5-8,14H2,1H3,(H2,15,20). The normalized spacial score (nSPS) is 15.8. The van der Waals surface area contributed by atoms with Gasteiger partial charge in [-0.1, -0.05) is 0 Å². The number of hydrogen-bond donors (Lipinski definition) is 2. The highest BCUT2D eigenvalue weighted by molar-refractivity contribution is 5.91. The lowest BCUT2D eigenvalue weighted by Gasteiger charge is -2.23. The zero-order chi connectivity index (χ0) is 14.7. The van der Waals surface area contributed by atoms with E-state index in [9.17, 15) is 9.59 Å². The zero-order valence-corrected chi connectivity index (χ0v) is 11.5. The second kappa shape index (κ2) is 5.77. The lowest BCUT2D eigenvalue weighted by atomic mass is 10.3. The predicted molar refractivity (Wildman–Crippen MR) is 76.3 cm³/mol. The molecule has 2 amide bonds. The fraction of sp³-hybridized carbons (Fsp3) is 0.462. The SMILES string of the molecule is CC(=O)N1CCCN(c2nc(C(N)=O)ccc2N)CC1. The number of nitrogens with zero attached hydrogens (tertiary/aromatic N) is 3. The van der Waals surface area contributed by atoms with Gasteiger partial charge in [-0.05, 0) is 18.6 Å². The summed E-state index contributed by atoms with van der Waals surface area (Å²) in [6.45, 7) is 4.29. The Morgan fingerprint density at radius 3 is 2.60 bits per heavy atom. The van der Waals surface area contributed by atoms with Gasteiger partial charge in [0.05, 0.1) is 5.69 Å². The van der Waals surface area contributed by atoms with Crippen LogP contribution in [0.3, 0.4) is 0 Å². The van der Waals surface area contributed by atoms with Crippen molar-refractivity contribution in [2.45, 2.75) is 13.3 Å². The molecule has 0 aromatic carbocycles. The maximum Gasteiger partial charge on any atom is 0.267 e. The van der Waals surface area contributed by atoms with E-state index in [-0.39, 0.29) is 11.6 Å². The average molecular weight is 277 g/mol. The smallest absolute Gasteiger partial charge is 0.267 e. The van der Waals surface area contributed by atoms with Gasteiger partial charge in [0.15, 0.2) is 5.82 Å². The van der Waals surface area contributed by atoms with Crippen molar-refractivity contribution < 1.29 is 9.59 Å². The first kappa shape index (κ1) is 14.1. The molecule has 0 saturated carbocycles. The number of nitrogens with two attached hydrogens (primary N) is 2. The van der Waals surface area contributed by atoms with Gasteiger partial charge in [-0.2, -0.15) is 0 Å². The van der Waals surface area contributed by atoms with Crippen molar-refractivity contribution in [1.29, 1.82) is 0 Å². The van der Waals surface area contributed by atoms with Crippen LogP contribution >= 0.6 is 0 Å². The van der Waals surface area contributed by atoms with Gasteiger partial charge >= 0.3 is 0 Å². The second-order valence-electron chi connectivity index (χ2n) is 4.82. The molecule has 1 fully saturated rings. The minimum Gasteiger partial charge on any atom is -0.396 e. The molecule has 7 heteroatoms. The molecule has 1 aromatic rings. The third-order valence-electron chi connectivity index (χ3n) is 3.40. The Labute approximate surface area is 117 Å². The first-order valence-corrected chi connectivity index (χ1v) is 6.56. The molecule has 108 valence electrons. The fourth-order valence-corrected chi connectivity index (χ4v) is 2.29. The summed E-state index contributed by atoms with van der Waals surface area (Å²) >= 11 is 0. The minimum absolute atomic E-state index is 0.0682. The molecule has 1 saturated heterocycles. The van der Waals surface area contributed by atoms with Crippen molar-refractivity contribution >= 4 is 23.3 Å². The Balaban J connectivity index is 2.21. The highest BCUT2D eigenvalue weighted by Gasteiger charge is 2.19. The van der Waals surface area contributed by atoms with Crippen LogP contribution in [0.25, 0.3) is 0 Å². The number of nitrogen functional groups attached to an aromatic ring is 1. The Morgan fingerprint density at radius 2 is 1.95 bits per heavy atom. The van der Waals surface area contributed by atoms with Crippen LogP contribution in [0.5, 0.6) is 0 Å². The lowest BCUT2D eigenvalue weighted by Crippen LogP contribution is -2.34. The molecule has 0 bridgehead atoms. The summed E-state index contributed by atoms with van der Waals surface area (Å²) in [6.07, 6.45) is 0.835. The fourth-order valence-electron chi connectivity index (χ4n) is 2.29. The molecule has 7 nitrogen and oxygen atoms in total. The number of anilines is 2. The van der Waals surface area contributed by atoms with Gasteiger partial charge in [0.1, 0.15) is 5.69 Å². The van der Waals surface area contributed by atoms with E-state index in [4.69, 9.17) is 11.5 Å². The van der Waals surface area contributed by atoms with Crippen LogP contribution in [-0.4, -0.2) is 47.9 Å². The second-order valence-corrected chi connectivity index (χ2v) is 4.82. The Morgan fingerprint density at radius 1 is 1.20 bits per heavy atom. The number of aromatic nitrogens is 1. The number of pyridine rings is 1. The van der Waals surface area contributed by atoms with E-state index in [0.717, 1.165) is 19.5 Å². The molecular formula is C13H19N5O2. The third-order valence-corrected chi connectivity index (χ3v) is 3.40.